The topological polar surface area (TPSA) is 228 Å². The molecule has 14 heteroatoms. The molecule has 9 N–H and O–H groups in total. The molecule has 2 fully saturated rings. The largest absolute Gasteiger partial charge is 0.394 e. The number of rotatable bonds is 45. The van der Waals surface area contributed by atoms with Crippen molar-refractivity contribution >= 4 is 5.91 Å². The Kier molecular flexibility index (Phi) is 42.5. The minimum atomic E-state index is -1.79. The summed E-state index contributed by atoms with van der Waals surface area (Å²) in [7, 11) is 0. The fourth-order valence-corrected chi connectivity index (χ4v) is 9.07. The summed E-state index contributed by atoms with van der Waals surface area (Å²) in [6, 6.07) is -0.838. The van der Waals surface area contributed by atoms with Gasteiger partial charge in [0.15, 0.2) is 12.6 Å². The molecule has 2 aliphatic heterocycles. The quantitative estimate of drug-likeness (QED) is 0.0205. The Labute approximate surface area is 458 Å². The minimum Gasteiger partial charge on any atom is -0.394 e. The van der Waals surface area contributed by atoms with Crippen molar-refractivity contribution in [1.82, 2.24) is 5.32 Å². The Hall–Kier alpha value is -3.09. The summed E-state index contributed by atoms with van der Waals surface area (Å²) >= 11 is 0. The van der Waals surface area contributed by atoms with Crippen LogP contribution in [0, 0.1) is 0 Å². The van der Waals surface area contributed by atoms with Gasteiger partial charge in [-0.15, -0.1) is 0 Å². The van der Waals surface area contributed by atoms with Gasteiger partial charge in [0, 0.05) is 6.42 Å². The van der Waals surface area contributed by atoms with Crippen molar-refractivity contribution < 1.29 is 64.6 Å². The van der Waals surface area contributed by atoms with Crippen LogP contribution in [0.15, 0.2) is 97.2 Å². The van der Waals surface area contributed by atoms with Crippen LogP contribution < -0.4 is 5.32 Å². The number of amides is 1. The van der Waals surface area contributed by atoms with Crippen LogP contribution in [0.2, 0.25) is 0 Å². The maximum atomic E-state index is 13.2. The maximum Gasteiger partial charge on any atom is 0.220 e. The fourth-order valence-electron chi connectivity index (χ4n) is 9.07. The molecule has 0 aromatic rings. The van der Waals surface area contributed by atoms with Gasteiger partial charge >= 0.3 is 0 Å². The number of hydrogen-bond acceptors (Lipinski definition) is 13. The van der Waals surface area contributed by atoms with Gasteiger partial charge in [-0.3, -0.25) is 4.79 Å². The van der Waals surface area contributed by atoms with Crippen LogP contribution in [0.25, 0.3) is 0 Å². The van der Waals surface area contributed by atoms with Gasteiger partial charge in [-0.25, -0.2) is 0 Å². The van der Waals surface area contributed by atoms with Crippen LogP contribution in [0.5, 0.6) is 0 Å². The molecular weight excluding hydrogens is 967 g/mol. The fraction of sp³-hybridized carbons (Fsp3) is 0.726. The highest BCUT2D eigenvalue weighted by molar-refractivity contribution is 5.76. The molecular formula is C62H105NO13. The molecule has 12 unspecified atom stereocenters. The zero-order valence-corrected chi connectivity index (χ0v) is 46.7. The highest BCUT2D eigenvalue weighted by atomic mass is 16.7. The molecule has 2 saturated heterocycles. The molecule has 12 atom stereocenters. The average molecular weight is 1070 g/mol. The standard InChI is InChI=1S/C62H105NO13/c1-3-5-7-9-11-13-14-15-16-17-18-19-20-21-22-23-24-25-26-27-28-29-30-31-32-33-34-35-36-38-40-42-44-46-54(67)63-50(51(66)45-43-41-39-37-12-10-8-6-4-2)49-73-61-59(72)57(70)60(53(48-65)75-61)76-62-58(71)56(69)55(68)52(47-64)74-62/h5,7,11,13,15-16,18-19,21-22,24-25,27-28,30-31,50-53,55-62,64-66,68-72H,3-4,6,8-10,12,14,17,20,23,26,29,32-49H2,1-2H3,(H,63,67)/b7-5-,13-11-,16-15-,19-18-,22-21-,25-24-,28-27-,31-30-. The second-order valence-corrected chi connectivity index (χ2v) is 20.4. The summed E-state index contributed by atoms with van der Waals surface area (Å²) in [6.45, 7) is 2.69. The SMILES string of the molecule is CC/C=C\C/C=C\C/C=C\C/C=C\C/C=C\C/C=C\C/C=C\C/C=C\CCCCCCCCCCC(=O)NC(COC1OC(CO)C(OC2OC(CO)C(O)C(O)C2O)C(O)C1O)C(O)CCCCCCCCCCC. The van der Waals surface area contributed by atoms with Crippen LogP contribution >= 0.6 is 0 Å². The molecule has 0 bridgehead atoms. The Morgan fingerprint density at radius 2 is 0.908 bits per heavy atom. The van der Waals surface area contributed by atoms with Crippen LogP contribution in [-0.2, 0) is 23.7 Å². The first-order chi connectivity index (χ1) is 37.1. The predicted octanol–water partition coefficient (Wildman–Crippen LogP) is 9.89. The summed E-state index contributed by atoms with van der Waals surface area (Å²) in [6.07, 6.45) is 47.2. The Bertz CT molecular complexity index is 1640. The summed E-state index contributed by atoms with van der Waals surface area (Å²) < 4.78 is 22.7. The van der Waals surface area contributed by atoms with Gasteiger partial charge in [0.25, 0.3) is 0 Å². The first-order valence-corrected chi connectivity index (χ1v) is 29.5. The Balaban J connectivity index is 1.65. The number of hydrogen-bond donors (Lipinski definition) is 9. The van der Waals surface area contributed by atoms with Gasteiger partial charge < -0.3 is 65.1 Å². The number of aliphatic hydroxyl groups excluding tert-OH is 8. The minimum absolute atomic E-state index is 0.223. The highest BCUT2D eigenvalue weighted by Gasteiger charge is 2.51. The molecule has 436 valence electrons. The second-order valence-electron chi connectivity index (χ2n) is 20.4. The van der Waals surface area contributed by atoms with Crippen molar-refractivity contribution in [2.75, 3.05) is 19.8 Å². The molecule has 2 aliphatic rings. The second kappa shape index (κ2) is 46.8. The number of ether oxygens (including phenoxy) is 4. The molecule has 0 radical (unpaired) electrons. The lowest BCUT2D eigenvalue weighted by Gasteiger charge is -2.46. The number of unbranched alkanes of at least 4 members (excludes halogenated alkanes) is 16. The van der Waals surface area contributed by atoms with Crippen LogP contribution in [-0.4, -0.2) is 140 Å². The van der Waals surface area contributed by atoms with E-state index in [9.17, 15) is 45.6 Å². The van der Waals surface area contributed by atoms with Gasteiger partial charge in [-0.2, -0.15) is 0 Å². The van der Waals surface area contributed by atoms with Crippen molar-refractivity contribution in [1.29, 1.82) is 0 Å². The van der Waals surface area contributed by atoms with E-state index in [0.29, 0.717) is 12.8 Å². The van der Waals surface area contributed by atoms with Crippen LogP contribution in [0.4, 0.5) is 0 Å². The first kappa shape index (κ1) is 69.0. The van der Waals surface area contributed by atoms with E-state index in [0.717, 1.165) is 103 Å². The van der Waals surface area contributed by atoms with Gasteiger partial charge in [0.1, 0.15) is 48.8 Å². The smallest absolute Gasteiger partial charge is 0.220 e. The van der Waals surface area contributed by atoms with Crippen molar-refractivity contribution in [3.63, 3.8) is 0 Å². The number of nitrogens with one attached hydrogen (secondary N) is 1. The molecule has 76 heavy (non-hydrogen) atoms. The predicted molar refractivity (Wildman–Crippen MR) is 304 cm³/mol. The van der Waals surface area contributed by atoms with Gasteiger partial charge in [0.05, 0.1) is 32.0 Å². The molecule has 2 heterocycles. The molecule has 0 saturated carbocycles. The van der Waals surface area contributed by atoms with Crippen molar-refractivity contribution in [3.05, 3.63) is 97.2 Å². The van der Waals surface area contributed by atoms with Gasteiger partial charge in [-0.1, -0.05) is 207 Å². The first-order valence-electron chi connectivity index (χ1n) is 29.5. The average Bonchev–Trinajstić information content (AvgIpc) is 3.42. The highest BCUT2D eigenvalue weighted by Crippen LogP contribution is 2.30. The maximum absolute atomic E-state index is 13.2. The van der Waals surface area contributed by atoms with Crippen LogP contribution in [0.1, 0.15) is 194 Å². The number of aliphatic hydroxyl groups is 8. The molecule has 2 rings (SSSR count). The van der Waals surface area contributed by atoms with Crippen molar-refractivity contribution in [3.8, 4) is 0 Å². The van der Waals surface area contributed by atoms with E-state index in [1.54, 1.807) is 0 Å². The van der Waals surface area contributed by atoms with E-state index in [2.05, 4.69) is 116 Å². The lowest BCUT2D eigenvalue weighted by molar-refractivity contribution is -0.359. The van der Waals surface area contributed by atoms with E-state index < -0.39 is 86.8 Å². The van der Waals surface area contributed by atoms with Gasteiger partial charge in [-0.05, 0) is 77.0 Å². The van der Waals surface area contributed by atoms with E-state index in [-0.39, 0.29) is 18.9 Å². The number of allylic oxidation sites excluding steroid dienone is 16. The zero-order chi connectivity index (χ0) is 55.3. The lowest BCUT2D eigenvalue weighted by Crippen LogP contribution is -2.65. The van der Waals surface area contributed by atoms with E-state index >= 15 is 0 Å². The van der Waals surface area contributed by atoms with Crippen molar-refractivity contribution in [2.45, 2.75) is 267 Å². The molecule has 0 aromatic carbocycles. The number of carbonyl (C=O) groups is 1. The third kappa shape index (κ3) is 32.1. The summed E-state index contributed by atoms with van der Waals surface area (Å²) in [5.74, 6) is -0.223. The molecule has 1 amide bonds. The molecule has 0 aromatic heterocycles. The Morgan fingerprint density at radius 3 is 1.39 bits per heavy atom. The monoisotopic (exact) mass is 1070 g/mol. The third-order valence-corrected chi connectivity index (χ3v) is 13.8. The third-order valence-electron chi connectivity index (χ3n) is 13.8. The summed E-state index contributed by atoms with van der Waals surface area (Å²) in [5, 5.41) is 86.9. The van der Waals surface area contributed by atoms with E-state index in [1.165, 1.54) is 57.8 Å². The summed E-state index contributed by atoms with van der Waals surface area (Å²) in [5.41, 5.74) is 0. The Morgan fingerprint density at radius 1 is 0.487 bits per heavy atom. The molecule has 0 spiro atoms. The zero-order valence-electron chi connectivity index (χ0n) is 46.7. The van der Waals surface area contributed by atoms with E-state index in [1.807, 2.05) is 0 Å². The molecule has 14 nitrogen and oxygen atoms in total. The number of carbonyl (C=O) groups excluding carboxylic acids is 1. The molecule has 0 aliphatic carbocycles. The summed E-state index contributed by atoms with van der Waals surface area (Å²) in [4.78, 5) is 13.2. The lowest BCUT2D eigenvalue weighted by atomic mass is 9.97. The van der Waals surface area contributed by atoms with Crippen LogP contribution in [0.3, 0.4) is 0 Å². The normalized spacial score (nSPS) is 25.6. The van der Waals surface area contributed by atoms with Crippen molar-refractivity contribution in [2.24, 2.45) is 0 Å². The van der Waals surface area contributed by atoms with E-state index in [4.69, 9.17) is 18.9 Å². The van der Waals surface area contributed by atoms with Gasteiger partial charge in [0.2, 0.25) is 5.91 Å².